The van der Waals surface area contributed by atoms with Gasteiger partial charge in [-0.2, -0.15) is 8.78 Å². The molecule has 1 saturated heterocycles. The van der Waals surface area contributed by atoms with Crippen LogP contribution >= 0.6 is 24.0 Å². The number of aliphatic imine (C=N–C) groups is 1. The predicted molar refractivity (Wildman–Crippen MR) is 122 cm³/mol. The minimum atomic E-state index is -2.81. The number of hydrogen-bond donors (Lipinski definition) is 1. The van der Waals surface area contributed by atoms with Gasteiger partial charge in [0.15, 0.2) is 5.96 Å². The Morgan fingerprint density at radius 2 is 1.83 bits per heavy atom. The van der Waals surface area contributed by atoms with Crippen LogP contribution in [-0.4, -0.2) is 75.4 Å². The molecule has 1 heterocycles. The van der Waals surface area contributed by atoms with Crippen LogP contribution in [0, 0.1) is 0 Å². The Bertz CT molecular complexity index is 623. The van der Waals surface area contributed by atoms with E-state index in [2.05, 4.69) is 29.0 Å². The average molecular weight is 526 g/mol. The van der Waals surface area contributed by atoms with Gasteiger partial charge in [-0.25, -0.2) is 0 Å². The van der Waals surface area contributed by atoms with E-state index >= 15 is 0 Å². The van der Waals surface area contributed by atoms with Gasteiger partial charge in [-0.15, -0.1) is 24.0 Å². The van der Waals surface area contributed by atoms with Crippen molar-refractivity contribution >= 4 is 29.9 Å². The van der Waals surface area contributed by atoms with E-state index in [4.69, 9.17) is 9.73 Å². The number of halogens is 3. The highest BCUT2D eigenvalue weighted by Crippen LogP contribution is 2.26. The van der Waals surface area contributed by atoms with Gasteiger partial charge >= 0.3 is 6.61 Å². The maximum absolute atomic E-state index is 12.3. The van der Waals surface area contributed by atoms with E-state index in [-0.39, 0.29) is 35.3 Å². The van der Waals surface area contributed by atoms with Crippen molar-refractivity contribution in [3.05, 3.63) is 29.8 Å². The highest BCUT2D eigenvalue weighted by Gasteiger charge is 2.34. The van der Waals surface area contributed by atoms with Crippen molar-refractivity contribution in [1.29, 1.82) is 0 Å². The van der Waals surface area contributed by atoms with E-state index in [1.807, 2.05) is 18.9 Å². The molecule has 1 aliphatic heterocycles. The van der Waals surface area contributed by atoms with Crippen LogP contribution in [0.25, 0.3) is 0 Å². The van der Waals surface area contributed by atoms with Gasteiger partial charge in [-0.3, -0.25) is 4.99 Å². The largest absolute Gasteiger partial charge is 0.435 e. The summed E-state index contributed by atoms with van der Waals surface area (Å²) in [6.45, 7) is 2.81. The first-order valence-corrected chi connectivity index (χ1v) is 9.64. The first-order valence-electron chi connectivity index (χ1n) is 9.64. The van der Waals surface area contributed by atoms with Gasteiger partial charge in [-0.1, -0.05) is 12.1 Å². The van der Waals surface area contributed by atoms with Crippen molar-refractivity contribution < 1.29 is 18.3 Å². The zero-order chi connectivity index (χ0) is 20.6. The molecule has 1 fully saturated rings. The van der Waals surface area contributed by atoms with Crippen LogP contribution in [0.1, 0.15) is 25.3 Å². The first kappa shape index (κ1) is 25.8. The third-order valence-corrected chi connectivity index (χ3v) is 5.16. The Balaban J connectivity index is 0.00000420. The van der Waals surface area contributed by atoms with Crippen LogP contribution in [0.4, 0.5) is 8.78 Å². The van der Waals surface area contributed by atoms with E-state index in [0.29, 0.717) is 13.1 Å². The van der Waals surface area contributed by atoms with E-state index in [1.54, 1.807) is 24.3 Å². The van der Waals surface area contributed by atoms with E-state index < -0.39 is 6.61 Å². The van der Waals surface area contributed by atoms with Crippen molar-refractivity contribution in [3.63, 3.8) is 0 Å². The second kappa shape index (κ2) is 12.5. The van der Waals surface area contributed by atoms with Crippen molar-refractivity contribution in [1.82, 2.24) is 15.1 Å². The Morgan fingerprint density at radius 3 is 2.34 bits per heavy atom. The molecule has 9 heteroatoms. The lowest BCUT2D eigenvalue weighted by molar-refractivity contribution is -0.0498. The topological polar surface area (TPSA) is 49.3 Å². The zero-order valence-corrected chi connectivity index (χ0v) is 20.0. The van der Waals surface area contributed by atoms with Crippen molar-refractivity contribution in [3.8, 4) is 5.75 Å². The smallest absolute Gasteiger partial charge is 0.387 e. The molecular weight excluding hydrogens is 493 g/mol. The molecule has 0 aromatic heterocycles. The SMILES string of the molecule is CCNC(=NCC1(N(C)C)CCOCC1)N(C)Cc1ccc(OC(F)F)cc1.I. The number of guanidine groups is 1. The van der Waals surface area contributed by atoms with Gasteiger partial charge in [0.1, 0.15) is 5.75 Å². The lowest BCUT2D eigenvalue weighted by atomic mass is 9.89. The van der Waals surface area contributed by atoms with Gasteiger partial charge in [0.05, 0.1) is 6.54 Å². The molecule has 0 spiro atoms. The molecule has 1 aliphatic rings. The summed E-state index contributed by atoms with van der Waals surface area (Å²) in [7, 11) is 6.17. The second-order valence-corrected chi connectivity index (χ2v) is 7.28. The van der Waals surface area contributed by atoms with E-state index in [0.717, 1.165) is 44.1 Å². The van der Waals surface area contributed by atoms with Crippen LogP contribution in [-0.2, 0) is 11.3 Å². The summed E-state index contributed by atoms with van der Waals surface area (Å²) < 4.78 is 34.5. The fraction of sp³-hybridized carbons (Fsp3) is 0.650. The first-order chi connectivity index (χ1) is 13.4. The van der Waals surface area contributed by atoms with Gasteiger partial charge in [0, 0.05) is 38.9 Å². The summed E-state index contributed by atoms with van der Waals surface area (Å²) >= 11 is 0. The minimum Gasteiger partial charge on any atom is -0.435 e. The molecule has 6 nitrogen and oxygen atoms in total. The molecule has 0 amide bonds. The number of hydrogen-bond acceptors (Lipinski definition) is 4. The van der Waals surface area contributed by atoms with Gasteiger partial charge in [-0.05, 0) is 51.6 Å². The summed E-state index contributed by atoms with van der Waals surface area (Å²) in [5.74, 6) is 0.984. The predicted octanol–water partition coefficient (Wildman–Crippen LogP) is 3.41. The molecule has 0 unspecified atom stereocenters. The van der Waals surface area contributed by atoms with Gasteiger partial charge in [0.2, 0.25) is 0 Å². The van der Waals surface area contributed by atoms with Gasteiger partial charge < -0.3 is 24.6 Å². The Hall–Kier alpha value is -1.20. The maximum Gasteiger partial charge on any atom is 0.387 e. The molecular formula is C20H33F2IN4O2. The number of rotatable bonds is 8. The molecule has 0 radical (unpaired) electrons. The van der Waals surface area contributed by atoms with Gasteiger partial charge in [0.25, 0.3) is 0 Å². The lowest BCUT2D eigenvalue weighted by Crippen LogP contribution is -2.51. The molecule has 2 rings (SSSR count). The van der Waals surface area contributed by atoms with E-state index in [1.165, 1.54) is 0 Å². The molecule has 166 valence electrons. The maximum atomic E-state index is 12.3. The molecule has 1 aromatic rings. The third kappa shape index (κ3) is 7.86. The molecule has 29 heavy (non-hydrogen) atoms. The summed E-state index contributed by atoms with van der Waals surface area (Å²) in [6, 6.07) is 6.69. The van der Waals surface area contributed by atoms with Crippen LogP contribution < -0.4 is 10.1 Å². The minimum absolute atomic E-state index is 0. The number of nitrogens with one attached hydrogen (secondary N) is 1. The van der Waals surface area contributed by atoms with Crippen LogP contribution in [0.5, 0.6) is 5.75 Å². The van der Waals surface area contributed by atoms with Crippen LogP contribution in [0.2, 0.25) is 0 Å². The molecule has 0 atom stereocenters. The fourth-order valence-corrected chi connectivity index (χ4v) is 3.31. The number of alkyl halides is 2. The summed E-state index contributed by atoms with van der Waals surface area (Å²) in [6.07, 6.45) is 1.91. The molecule has 0 aliphatic carbocycles. The monoisotopic (exact) mass is 526 g/mol. The number of likely N-dealkylation sites (N-methyl/N-ethyl adjacent to an activating group) is 1. The highest BCUT2D eigenvalue weighted by atomic mass is 127. The Morgan fingerprint density at radius 1 is 1.21 bits per heavy atom. The second-order valence-electron chi connectivity index (χ2n) is 7.28. The summed E-state index contributed by atoms with van der Waals surface area (Å²) in [5.41, 5.74) is 0.997. The standard InChI is InChI=1S/C20H32F2N4O2.HI/c1-5-23-19(24-15-20(25(2)3)10-12-27-13-11-20)26(4)14-16-6-8-17(9-7-16)28-18(21)22;/h6-9,18H,5,10-15H2,1-4H3,(H,23,24);1H. The normalized spacial score (nSPS) is 16.5. The highest BCUT2D eigenvalue weighted by molar-refractivity contribution is 14.0. The van der Waals surface area contributed by atoms with Crippen LogP contribution in [0.3, 0.4) is 0 Å². The number of benzene rings is 1. The van der Waals surface area contributed by atoms with E-state index in [9.17, 15) is 8.78 Å². The Labute approximate surface area is 189 Å². The quantitative estimate of drug-likeness (QED) is 0.320. The third-order valence-electron chi connectivity index (χ3n) is 5.16. The molecule has 1 aromatic carbocycles. The molecule has 0 saturated carbocycles. The fourth-order valence-electron chi connectivity index (χ4n) is 3.31. The summed E-state index contributed by atoms with van der Waals surface area (Å²) in [5, 5.41) is 3.34. The van der Waals surface area contributed by atoms with Crippen molar-refractivity contribution in [2.24, 2.45) is 4.99 Å². The van der Waals surface area contributed by atoms with Crippen molar-refractivity contribution in [2.45, 2.75) is 38.5 Å². The van der Waals surface area contributed by atoms with Crippen molar-refractivity contribution in [2.75, 3.05) is 47.4 Å². The van der Waals surface area contributed by atoms with Crippen LogP contribution in [0.15, 0.2) is 29.3 Å². The Kier molecular flexibility index (Phi) is 11.1. The summed E-state index contributed by atoms with van der Waals surface area (Å²) in [4.78, 5) is 9.19. The lowest BCUT2D eigenvalue weighted by Gasteiger charge is -2.42. The molecule has 0 bridgehead atoms. The average Bonchev–Trinajstić information content (AvgIpc) is 2.66. The zero-order valence-electron chi connectivity index (χ0n) is 17.7. The number of ether oxygens (including phenoxy) is 2. The number of nitrogens with zero attached hydrogens (tertiary/aromatic N) is 3. The molecule has 1 N–H and O–H groups in total.